The standard InChI is InChI=1S/C19H22N6O3.ClH/c1-21-10-12-4-6-24(7-5-12)19(27)14-9-13(15-3-2-8-28-15)23-18-16(17(20)26)22-11-25(14)18;/h2-3,8-9,11-12,21H,4-7,10H2,1H3,(H2,20,26);1H. The number of nitrogens with zero attached hydrogens (tertiary/aromatic N) is 4. The van der Waals surface area contributed by atoms with Gasteiger partial charge in [-0.1, -0.05) is 0 Å². The zero-order valence-corrected chi connectivity index (χ0v) is 16.8. The zero-order valence-electron chi connectivity index (χ0n) is 16.0. The zero-order chi connectivity index (χ0) is 19.7. The topological polar surface area (TPSA) is 119 Å². The van der Waals surface area contributed by atoms with E-state index in [1.807, 2.05) is 11.9 Å². The molecule has 1 saturated heterocycles. The summed E-state index contributed by atoms with van der Waals surface area (Å²) in [5.41, 5.74) is 6.53. The van der Waals surface area contributed by atoms with Crippen LogP contribution in [0.3, 0.4) is 0 Å². The number of nitrogens with two attached hydrogens (primary N) is 1. The molecule has 0 atom stereocenters. The highest BCUT2D eigenvalue weighted by Gasteiger charge is 2.27. The van der Waals surface area contributed by atoms with Gasteiger partial charge in [0, 0.05) is 13.1 Å². The lowest BCUT2D eigenvalue weighted by Crippen LogP contribution is -2.41. The molecular formula is C19H23ClN6O3. The summed E-state index contributed by atoms with van der Waals surface area (Å²) in [4.78, 5) is 35.3. The van der Waals surface area contributed by atoms with Crippen LogP contribution in [0, 0.1) is 5.92 Å². The van der Waals surface area contributed by atoms with E-state index in [9.17, 15) is 9.59 Å². The Morgan fingerprint density at radius 2 is 2.10 bits per heavy atom. The van der Waals surface area contributed by atoms with Gasteiger partial charge in [0.15, 0.2) is 17.1 Å². The molecule has 0 aliphatic carbocycles. The Labute approximate surface area is 173 Å². The van der Waals surface area contributed by atoms with Crippen LogP contribution in [0.1, 0.15) is 33.8 Å². The Hall–Kier alpha value is -2.91. The molecule has 1 fully saturated rings. The summed E-state index contributed by atoms with van der Waals surface area (Å²) < 4.78 is 6.95. The average Bonchev–Trinajstić information content (AvgIpc) is 3.37. The first-order valence-electron chi connectivity index (χ1n) is 9.24. The number of nitrogens with one attached hydrogen (secondary N) is 1. The number of furan rings is 1. The van der Waals surface area contributed by atoms with Gasteiger partial charge < -0.3 is 20.4 Å². The van der Waals surface area contributed by atoms with Gasteiger partial charge in [-0.3, -0.25) is 14.0 Å². The molecule has 4 rings (SSSR count). The minimum Gasteiger partial charge on any atom is -0.463 e. The van der Waals surface area contributed by atoms with Crippen LogP contribution in [-0.2, 0) is 0 Å². The number of amides is 2. The number of likely N-dealkylation sites (tertiary alicyclic amines) is 1. The van der Waals surface area contributed by atoms with Gasteiger partial charge in [0.2, 0.25) is 0 Å². The highest BCUT2D eigenvalue weighted by molar-refractivity contribution is 5.99. The Morgan fingerprint density at radius 1 is 1.34 bits per heavy atom. The monoisotopic (exact) mass is 418 g/mol. The summed E-state index contributed by atoms with van der Waals surface area (Å²) in [6.07, 6.45) is 4.83. The van der Waals surface area contributed by atoms with Crippen molar-refractivity contribution in [3.63, 3.8) is 0 Å². The van der Waals surface area contributed by atoms with Crippen molar-refractivity contribution in [1.29, 1.82) is 0 Å². The summed E-state index contributed by atoms with van der Waals surface area (Å²) in [5, 5.41) is 3.20. The molecule has 0 radical (unpaired) electrons. The number of rotatable bonds is 5. The summed E-state index contributed by atoms with van der Waals surface area (Å²) in [6.45, 7) is 2.32. The fourth-order valence-electron chi connectivity index (χ4n) is 3.65. The molecule has 1 aliphatic heterocycles. The first-order valence-corrected chi connectivity index (χ1v) is 9.24. The van der Waals surface area contributed by atoms with E-state index in [0.29, 0.717) is 36.2 Å². The largest absolute Gasteiger partial charge is 0.463 e. The average molecular weight is 419 g/mol. The summed E-state index contributed by atoms with van der Waals surface area (Å²) >= 11 is 0. The van der Waals surface area contributed by atoms with E-state index >= 15 is 0 Å². The van der Waals surface area contributed by atoms with E-state index in [1.54, 1.807) is 18.2 Å². The lowest BCUT2D eigenvalue weighted by atomic mass is 9.96. The number of carbonyl (C=O) groups is 2. The first-order chi connectivity index (χ1) is 13.6. The minimum atomic E-state index is -0.696. The van der Waals surface area contributed by atoms with Gasteiger partial charge in [-0.25, -0.2) is 9.97 Å². The fraction of sp³-hybridized carbons (Fsp3) is 0.368. The number of imidazole rings is 1. The molecule has 3 aromatic heterocycles. The van der Waals surface area contributed by atoms with Gasteiger partial charge in [-0.2, -0.15) is 0 Å². The van der Waals surface area contributed by atoms with Crippen LogP contribution in [0.4, 0.5) is 0 Å². The normalized spacial score (nSPS) is 14.7. The van der Waals surface area contributed by atoms with Gasteiger partial charge >= 0.3 is 0 Å². The molecule has 0 aromatic carbocycles. The Morgan fingerprint density at radius 3 is 2.72 bits per heavy atom. The molecule has 0 unspecified atom stereocenters. The van der Waals surface area contributed by atoms with Crippen LogP contribution >= 0.6 is 12.4 Å². The Kier molecular flexibility index (Phi) is 6.19. The molecule has 1 aliphatic rings. The predicted molar refractivity (Wildman–Crippen MR) is 109 cm³/mol. The van der Waals surface area contributed by atoms with Gasteiger partial charge in [-0.05, 0) is 50.6 Å². The third-order valence-corrected chi connectivity index (χ3v) is 5.12. The maximum atomic E-state index is 13.3. The molecule has 9 nitrogen and oxygen atoms in total. The summed E-state index contributed by atoms with van der Waals surface area (Å²) in [5.74, 6) is 0.246. The van der Waals surface area contributed by atoms with Crippen molar-refractivity contribution in [3.8, 4) is 11.5 Å². The van der Waals surface area contributed by atoms with Crippen LogP contribution in [-0.4, -0.2) is 57.8 Å². The molecule has 0 bridgehead atoms. The molecule has 0 spiro atoms. The van der Waals surface area contributed by atoms with E-state index in [-0.39, 0.29) is 29.7 Å². The number of hydrogen-bond donors (Lipinski definition) is 2. The minimum absolute atomic E-state index is 0. The quantitative estimate of drug-likeness (QED) is 0.649. The smallest absolute Gasteiger partial charge is 0.271 e. The van der Waals surface area contributed by atoms with Crippen molar-refractivity contribution in [3.05, 3.63) is 42.2 Å². The molecule has 0 saturated carbocycles. The van der Waals surface area contributed by atoms with Crippen molar-refractivity contribution in [2.24, 2.45) is 11.7 Å². The van der Waals surface area contributed by atoms with E-state index in [0.717, 1.165) is 19.4 Å². The lowest BCUT2D eigenvalue weighted by Gasteiger charge is -2.32. The van der Waals surface area contributed by atoms with Crippen molar-refractivity contribution in [2.45, 2.75) is 12.8 Å². The van der Waals surface area contributed by atoms with E-state index < -0.39 is 5.91 Å². The summed E-state index contributed by atoms with van der Waals surface area (Å²) in [6, 6.07) is 5.15. The van der Waals surface area contributed by atoms with E-state index in [1.165, 1.54) is 17.0 Å². The van der Waals surface area contributed by atoms with Crippen molar-refractivity contribution in [1.82, 2.24) is 24.6 Å². The van der Waals surface area contributed by atoms with Gasteiger partial charge in [-0.15, -0.1) is 12.4 Å². The molecule has 3 N–H and O–H groups in total. The van der Waals surface area contributed by atoms with Crippen LogP contribution in [0.5, 0.6) is 0 Å². The number of halogens is 1. The predicted octanol–water partition coefficient (Wildman–Crippen LogP) is 1.58. The molecule has 3 aromatic rings. The van der Waals surface area contributed by atoms with Crippen LogP contribution < -0.4 is 11.1 Å². The molecular weight excluding hydrogens is 396 g/mol. The van der Waals surface area contributed by atoms with Crippen LogP contribution in [0.15, 0.2) is 35.2 Å². The number of carbonyl (C=O) groups excluding carboxylic acids is 2. The van der Waals surface area contributed by atoms with Gasteiger partial charge in [0.1, 0.15) is 17.7 Å². The molecule has 2 amide bonds. The van der Waals surface area contributed by atoms with Crippen LogP contribution in [0.2, 0.25) is 0 Å². The third kappa shape index (κ3) is 3.96. The Balaban J connectivity index is 0.00000240. The van der Waals surface area contributed by atoms with Gasteiger partial charge in [0.05, 0.1) is 6.26 Å². The first kappa shape index (κ1) is 20.8. The van der Waals surface area contributed by atoms with Crippen LogP contribution in [0.25, 0.3) is 17.1 Å². The van der Waals surface area contributed by atoms with E-state index in [4.69, 9.17) is 10.2 Å². The Bertz CT molecular complexity index is 1010. The number of primary amides is 1. The maximum absolute atomic E-state index is 13.3. The van der Waals surface area contributed by atoms with Gasteiger partial charge in [0.25, 0.3) is 11.8 Å². The highest BCUT2D eigenvalue weighted by Crippen LogP contribution is 2.24. The second kappa shape index (κ2) is 8.62. The van der Waals surface area contributed by atoms with E-state index in [2.05, 4.69) is 15.3 Å². The number of aromatic nitrogens is 3. The summed E-state index contributed by atoms with van der Waals surface area (Å²) in [7, 11) is 1.94. The number of hydrogen-bond acceptors (Lipinski definition) is 6. The molecule has 29 heavy (non-hydrogen) atoms. The lowest BCUT2D eigenvalue weighted by molar-refractivity contribution is 0.0683. The molecule has 4 heterocycles. The van der Waals surface area contributed by atoms with Crippen molar-refractivity contribution in [2.75, 3.05) is 26.7 Å². The maximum Gasteiger partial charge on any atom is 0.271 e. The highest BCUT2D eigenvalue weighted by atomic mass is 35.5. The number of piperidine rings is 1. The fourth-order valence-corrected chi connectivity index (χ4v) is 3.65. The number of fused-ring (bicyclic) bond motifs is 1. The second-order valence-corrected chi connectivity index (χ2v) is 6.95. The SMILES string of the molecule is CNCC1CCN(C(=O)c2cc(-c3ccco3)nc3c(C(N)=O)ncn23)CC1.Cl. The van der Waals surface area contributed by atoms with Crippen molar-refractivity contribution < 1.29 is 14.0 Å². The third-order valence-electron chi connectivity index (χ3n) is 5.12. The molecule has 10 heteroatoms. The van der Waals surface area contributed by atoms with Crippen molar-refractivity contribution >= 4 is 29.9 Å². The molecule has 154 valence electrons. The second-order valence-electron chi connectivity index (χ2n) is 6.95.